The summed E-state index contributed by atoms with van der Waals surface area (Å²) >= 11 is 0. The van der Waals surface area contributed by atoms with Gasteiger partial charge in [-0.3, -0.25) is 19.2 Å². The molecule has 2 aromatic rings. The molecule has 0 spiro atoms. The molecule has 0 radical (unpaired) electrons. The van der Waals surface area contributed by atoms with E-state index in [1.165, 1.54) is 11.6 Å². The van der Waals surface area contributed by atoms with Gasteiger partial charge in [0.05, 0.1) is 22.6 Å². The molecule has 1 aliphatic rings. The molecule has 11 heteroatoms. The second kappa shape index (κ2) is 7.47. The average molecular weight is 424 g/mol. The van der Waals surface area contributed by atoms with Gasteiger partial charge in [0, 0.05) is 12.7 Å². The number of carbonyl (C=O) groups excluding carboxylic acids is 3. The largest absolute Gasteiger partial charge is 0.449 e. The highest BCUT2D eigenvalue weighted by Crippen LogP contribution is 2.37. The van der Waals surface area contributed by atoms with Crippen LogP contribution in [-0.2, 0) is 27.5 Å². The Morgan fingerprint density at radius 3 is 2.50 bits per heavy atom. The van der Waals surface area contributed by atoms with Crippen molar-refractivity contribution < 1.29 is 32.3 Å². The molecule has 1 atom stereocenters. The molecule has 1 N–H and O–H groups in total. The van der Waals surface area contributed by atoms with Crippen molar-refractivity contribution in [1.29, 1.82) is 0 Å². The van der Waals surface area contributed by atoms with E-state index in [2.05, 4.69) is 10.4 Å². The van der Waals surface area contributed by atoms with Crippen LogP contribution in [0, 0.1) is 13.8 Å². The first-order chi connectivity index (χ1) is 13.9. The van der Waals surface area contributed by atoms with Crippen LogP contribution >= 0.6 is 0 Å². The molecule has 0 aliphatic carbocycles. The number of hydrogen-bond donors (Lipinski definition) is 1. The van der Waals surface area contributed by atoms with Gasteiger partial charge in [-0.25, -0.2) is 4.79 Å². The zero-order valence-corrected chi connectivity index (χ0v) is 16.6. The topological polar surface area (TPSA) is 93.5 Å². The molecule has 1 aliphatic heterocycles. The molecule has 160 valence electrons. The molecule has 30 heavy (non-hydrogen) atoms. The second-order valence-electron chi connectivity index (χ2n) is 6.92. The van der Waals surface area contributed by atoms with Crippen molar-refractivity contribution in [3.63, 3.8) is 0 Å². The summed E-state index contributed by atoms with van der Waals surface area (Å²) in [7, 11) is 1.66. The van der Waals surface area contributed by atoms with Crippen molar-refractivity contribution >= 4 is 29.2 Å². The lowest BCUT2D eigenvalue weighted by Crippen LogP contribution is -2.47. The van der Waals surface area contributed by atoms with E-state index in [9.17, 15) is 27.6 Å². The smallest absolute Gasteiger partial charge is 0.416 e. The normalized spacial score (nSPS) is 14.8. The lowest BCUT2D eigenvalue weighted by Gasteiger charge is -2.31. The number of benzene rings is 1. The summed E-state index contributed by atoms with van der Waals surface area (Å²) in [6.07, 6.45) is -5.88. The molecular weight excluding hydrogens is 405 g/mol. The van der Waals surface area contributed by atoms with E-state index in [1.54, 1.807) is 20.9 Å². The summed E-state index contributed by atoms with van der Waals surface area (Å²) in [5.74, 6) is -2.15. The number of hydrogen-bond acceptors (Lipinski definition) is 5. The molecule has 0 saturated carbocycles. The quantitative estimate of drug-likeness (QED) is 0.765. The lowest BCUT2D eigenvalue weighted by atomic mass is 10.1. The van der Waals surface area contributed by atoms with Gasteiger partial charge in [0.1, 0.15) is 12.1 Å². The summed E-state index contributed by atoms with van der Waals surface area (Å²) in [5.41, 5.74) is 0.194. The Hall–Kier alpha value is -3.37. The fourth-order valence-corrected chi connectivity index (χ4v) is 3.22. The maximum absolute atomic E-state index is 13.0. The number of amides is 2. The first-order valence-corrected chi connectivity index (χ1v) is 8.93. The van der Waals surface area contributed by atoms with Crippen LogP contribution in [0.15, 0.2) is 18.2 Å². The van der Waals surface area contributed by atoms with Gasteiger partial charge in [0.15, 0.2) is 6.10 Å². The standard InChI is InChI=1S/C19H19F3N4O4/c1-9-16(10(2)25(4)24-9)18(29)30-11(3)17(28)26-8-15(27)23-13-7-12(19(20,21)22)5-6-14(13)26/h5-7,11H,8H2,1-4H3,(H,23,27). The van der Waals surface area contributed by atoms with Crippen molar-refractivity contribution in [2.45, 2.75) is 33.1 Å². The third kappa shape index (κ3) is 3.87. The Morgan fingerprint density at radius 1 is 1.27 bits per heavy atom. The molecular formula is C19H19F3N4O4. The van der Waals surface area contributed by atoms with Crippen LogP contribution in [0.25, 0.3) is 0 Å². The number of fused-ring (bicyclic) bond motifs is 1. The monoisotopic (exact) mass is 424 g/mol. The third-order valence-electron chi connectivity index (χ3n) is 4.80. The summed E-state index contributed by atoms with van der Waals surface area (Å²) in [6, 6.07) is 2.67. The highest BCUT2D eigenvalue weighted by molar-refractivity contribution is 6.11. The maximum Gasteiger partial charge on any atom is 0.416 e. The number of ether oxygens (including phenoxy) is 1. The highest BCUT2D eigenvalue weighted by Gasteiger charge is 2.36. The van der Waals surface area contributed by atoms with Crippen molar-refractivity contribution in [1.82, 2.24) is 9.78 Å². The van der Waals surface area contributed by atoms with Crippen LogP contribution in [0.2, 0.25) is 0 Å². The van der Waals surface area contributed by atoms with E-state index in [0.717, 1.165) is 23.1 Å². The summed E-state index contributed by atoms with van der Waals surface area (Å²) in [5, 5.41) is 6.45. The molecule has 3 rings (SSSR count). The van der Waals surface area contributed by atoms with Crippen LogP contribution in [0.4, 0.5) is 24.5 Å². The average Bonchev–Trinajstić information content (AvgIpc) is 2.90. The molecule has 2 amide bonds. The number of nitrogens with zero attached hydrogens (tertiary/aromatic N) is 3. The minimum atomic E-state index is -4.60. The minimum absolute atomic E-state index is 0.0873. The number of esters is 1. The van der Waals surface area contributed by atoms with Crippen LogP contribution in [0.5, 0.6) is 0 Å². The van der Waals surface area contributed by atoms with Gasteiger partial charge in [0.2, 0.25) is 5.91 Å². The van der Waals surface area contributed by atoms with E-state index in [0.29, 0.717) is 11.4 Å². The van der Waals surface area contributed by atoms with Gasteiger partial charge in [-0.2, -0.15) is 18.3 Å². The number of aryl methyl sites for hydroxylation is 2. The molecule has 0 bridgehead atoms. The van der Waals surface area contributed by atoms with Crippen LogP contribution < -0.4 is 10.2 Å². The van der Waals surface area contributed by atoms with Crippen molar-refractivity contribution in [3.8, 4) is 0 Å². The first-order valence-electron chi connectivity index (χ1n) is 8.93. The fraction of sp³-hybridized carbons (Fsp3) is 0.368. The predicted octanol–water partition coefficient (Wildman–Crippen LogP) is 2.59. The van der Waals surface area contributed by atoms with Gasteiger partial charge < -0.3 is 10.1 Å². The van der Waals surface area contributed by atoms with E-state index in [4.69, 9.17) is 4.74 Å². The Morgan fingerprint density at radius 2 is 1.93 bits per heavy atom. The fourth-order valence-electron chi connectivity index (χ4n) is 3.22. The number of aromatic nitrogens is 2. The molecule has 0 fully saturated rings. The van der Waals surface area contributed by atoms with Crippen molar-refractivity contribution in [2.24, 2.45) is 7.05 Å². The molecule has 1 aromatic carbocycles. The number of alkyl halides is 3. The number of anilines is 2. The minimum Gasteiger partial charge on any atom is -0.449 e. The van der Waals surface area contributed by atoms with E-state index in [-0.39, 0.29) is 16.9 Å². The van der Waals surface area contributed by atoms with Gasteiger partial charge in [0.25, 0.3) is 5.91 Å². The van der Waals surface area contributed by atoms with E-state index < -0.39 is 42.2 Å². The van der Waals surface area contributed by atoms with Gasteiger partial charge in [-0.1, -0.05) is 0 Å². The second-order valence-corrected chi connectivity index (χ2v) is 6.92. The summed E-state index contributed by atoms with van der Waals surface area (Å²) in [4.78, 5) is 38.3. The molecule has 1 aromatic heterocycles. The van der Waals surface area contributed by atoms with Crippen LogP contribution in [-0.4, -0.2) is 40.2 Å². The van der Waals surface area contributed by atoms with Gasteiger partial charge in [-0.15, -0.1) is 0 Å². The molecule has 2 heterocycles. The van der Waals surface area contributed by atoms with Gasteiger partial charge >= 0.3 is 12.1 Å². The Balaban J connectivity index is 1.84. The Kier molecular flexibility index (Phi) is 5.31. The van der Waals surface area contributed by atoms with Crippen molar-refractivity contribution in [3.05, 3.63) is 40.7 Å². The van der Waals surface area contributed by atoms with Crippen molar-refractivity contribution in [2.75, 3.05) is 16.8 Å². The van der Waals surface area contributed by atoms with E-state index >= 15 is 0 Å². The molecule has 0 saturated heterocycles. The summed E-state index contributed by atoms with van der Waals surface area (Å²) < 4.78 is 45.6. The molecule has 8 nitrogen and oxygen atoms in total. The van der Waals surface area contributed by atoms with Crippen LogP contribution in [0.3, 0.4) is 0 Å². The Bertz CT molecular complexity index is 1050. The van der Waals surface area contributed by atoms with Gasteiger partial charge in [-0.05, 0) is 39.0 Å². The lowest BCUT2D eigenvalue weighted by molar-refractivity contribution is -0.137. The van der Waals surface area contributed by atoms with E-state index in [1.807, 2.05) is 0 Å². The maximum atomic E-state index is 13.0. The number of nitrogens with one attached hydrogen (secondary N) is 1. The molecule has 1 unspecified atom stereocenters. The Labute approximate surface area is 169 Å². The predicted molar refractivity (Wildman–Crippen MR) is 100.0 cm³/mol. The zero-order valence-electron chi connectivity index (χ0n) is 16.6. The zero-order chi connectivity index (χ0) is 22.4. The number of rotatable bonds is 3. The number of carbonyl (C=O) groups is 3. The highest BCUT2D eigenvalue weighted by atomic mass is 19.4. The van der Waals surface area contributed by atoms with Crippen LogP contribution in [0.1, 0.15) is 34.2 Å². The number of halogens is 3. The summed E-state index contributed by atoms with van der Waals surface area (Å²) in [6.45, 7) is 4.22. The SMILES string of the molecule is Cc1nn(C)c(C)c1C(=O)OC(C)C(=O)N1CC(=O)Nc2cc(C(F)(F)F)ccc21. The third-order valence-corrected chi connectivity index (χ3v) is 4.80. The first kappa shape index (κ1) is 21.3.